The van der Waals surface area contributed by atoms with Gasteiger partial charge >= 0.3 is 0 Å². The molecule has 1 unspecified atom stereocenters. The number of nitrogens with zero attached hydrogens (tertiary/aromatic N) is 2. The smallest absolute Gasteiger partial charge is 0.0656 e. The van der Waals surface area contributed by atoms with E-state index >= 15 is 0 Å². The minimum atomic E-state index is 0.507. The number of hydrogen-bond acceptors (Lipinski definition) is 2. The van der Waals surface area contributed by atoms with E-state index in [2.05, 4.69) is 63.0 Å². The molecule has 0 spiro atoms. The Morgan fingerprint density at radius 1 is 1.19 bits per heavy atom. The van der Waals surface area contributed by atoms with Crippen LogP contribution in [0.1, 0.15) is 30.1 Å². The Morgan fingerprint density at radius 3 is 2.81 bits per heavy atom. The third kappa shape index (κ3) is 2.16. The summed E-state index contributed by atoms with van der Waals surface area (Å²) < 4.78 is 1.17. The number of H-pyrrole nitrogens is 1. The van der Waals surface area contributed by atoms with Crippen molar-refractivity contribution in [2.45, 2.75) is 31.3 Å². The highest BCUT2D eigenvalue weighted by Crippen LogP contribution is 2.40. The van der Waals surface area contributed by atoms with Gasteiger partial charge in [-0.05, 0) is 63.7 Å². The number of likely N-dealkylation sites (N-methyl/N-ethyl adjacent to an activating group) is 2. The van der Waals surface area contributed by atoms with Crippen molar-refractivity contribution in [3.05, 3.63) is 33.9 Å². The summed E-state index contributed by atoms with van der Waals surface area (Å²) in [5.41, 5.74) is 4.27. The zero-order valence-corrected chi connectivity index (χ0v) is 14.3. The first kappa shape index (κ1) is 13.8. The van der Waals surface area contributed by atoms with Gasteiger partial charge in [-0.2, -0.15) is 0 Å². The van der Waals surface area contributed by atoms with E-state index in [0.29, 0.717) is 12.1 Å². The van der Waals surface area contributed by atoms with Gasteiger partial charge in [0.2, 0.25) is 0 Å². The summed E-state index contributed by atoms with van der Waals surface area (Å²) >= 11 is 3.62. The second-order valence-electron chi connectivity index (χ2n) is 6.57. The average Bonchev–Trinajstić information content (AvgIpc) is 3.02. The second-order valence-corrected chi connectivity index (χ2v) is 7.49. The minimum absolute atomic E-state index is 0.507. The molecular weight excluding hydrogens is 326 g/mol. The molecule has 0 radical (unpaired) electrons. The predicted octanol–water partition coefficient (Wildman–Crippen LogP) is 3.55. The van der Waals surface area contributed by atoms with Gasteiger partial charge in [-0.25, -0.2) is 0 Å². The van der Waals surface area contributed by atoms with Gasteiger partial charge in [0.25, 0.3) is 0 Å². The van der Waals surface area contributed by atoms with Crippen LogP contribution in [-0.4, -0.2) is 48.0 Å². The van der Waals surface area contributed by atoms with Crippen molar-refractivity contribution in [1.82, 2.24) is 14.8 Å². The average molecular weight is 348 g/mol. The SMILES string of the molecule is CN1CCCC1[C@H]1c2[nH]c3ccc(Br)cc3c2CCN1C. The van der Waals surface area contributed by atoms with Gasteiger partial charge in [0.05, 0.1) is 6.04 Å². The summed E-state index contributed by atoms with van der Waals surface area (Å²) in [4.78, 5) is 8.81. The molecule has 1 fully saturated rings. The van der Waals surface area contributed by atoms with Gasteiger partial charge in [0, 0.05) is 33.7 Å². The van der Waals surface area contributed by atoms with Crippen molar-refractivity contribution >= 4 is 26.8 Å². The highest BCUT2D eigenvalue weighted by molar-refractivity contribution is 9.10. The van der Waals surface area contributed by atoms with Gasteiger partial charge in [0.1, 0.15) is 0 Å². The molecule has 21 heavy (non-hydrogen) atoms. The van der Waals surface area contributed by atoms with Crippen molar-refractivity contribution in [2.75, 3.05) is 27.2 Å². The van der Waals surface area contributed by atoms with Crippen molar-refractivity contribution in [3.63, 3.8) is 0 Å². The lowest BCUT2D eigenvalue weighted by Crippen LogP contribution is -2.43. The van der Waals surface area contributed by atoms with Crippen LogP contribution in [-0.2, 0) is 6.42 Å². The molecule has 3 heterocycles. The predicted molar refractivity (Wildman–Crippen MR) is 90.7 cm³/mol. The number of fused-ring (bicyclic) bond motifs is 3. The lowest BCUT2D eigenvalue weighted by Gasteiger charge is -2.39. The maximum atomic E-state index is 3.73. The zero-order chi connectivity index (χ0) is 14.6. The van der Waals surface area contributed by atoms with Crippen LogP contribution in [0.5, 0.6) is 0 Å². The fourth-order valence-electron chi connectivity index (χ4n) is 4.23. The summed E-state index contributed by atoms with van der Waals surface area (Å²) in [5, 5.41) is 1.40. The molecule has 3 nitrogen and oxygen atoms in total. The van der Waals surface area contributed by atoms with Crippen molar-refractivity contribution in [2.24, 2.45) is 0 Å². The summed E-state index contributed by atoms with van der Waals surface area (Å²) in [7, 11) is 4.56. The molecular formula is C17H22BrN3. The molecule has 0 amide bonds. The molecule has 0 saturated carbocycles. The number of benzene rings is 1. The molecule has 0 aliphatic carbocycles. The van der Waals surface area contributed by atoms with E-state index in [1.807, 2.05) is 0 Å². The van der Waals surface area contributed by atoms with Crippen LogP contribution in [0.3, 0.4) is 0 Å². The lowest BCUT2D eigenvalue weighted by molar-refractivity contribution is 0.129. The van der Waals surface area contributed by atoms with E-state index < -0.39 is 0 Å². The van der Waals surface area contributed by atoms with Crippen LogP contribution >= 0.6 is 15.9 Å². The first-order chi connectivity index (χ1) is 10.1. The van der Waals surface area contributed by atoms with E-state index in [0.717, 1.165) is 13.0 Å². The standard InChI is InChI=1S/C17H22BrN3/c1-20-8-3-4-15(20)17-16-12(7-9-21(17)2)13-10-11(18)5-6-14(13)19-16/h5-6,10,15,17,19H,3-4,7-9H2,1-2H3/t15?,17-/m0/s1. The third-order valence-electron chi connectivity index (χ3n) is 5.33. The van der Waals surface area contributed by atoms with Crippen LogP contribution in [0.4, 0.5) is 0 Å². The Morgan fingerprint density at radius 2 is 2.05 bits per heavy atom. The quantitative estimate of drug-likeness (QED) is 0.851. The molecule has 2 aromatic rings. The number of hydrogen-bond donors (Lipinski definition) is 1. The minimum Gasteiger partial charge on any atom is -0.357 e. The maximum Gasteiger partial charge on any atom is 0.0656 e. The molecule has 2 aliphatic rings. The van der Waals surface area contributed by atoms with E-state index in [9.17, 15) is 0 Å². The monoisotopic (exact) mass is 347 g/mol. The lowest BCUT2D eigenvalue weighted by atomic mass is 9.92. The van der Waals surface area contributed by atoms with Gasteiger partial charge in [-0.3, -0.25) is 4.90 Å². The molecule has 4 rings (SSSR count). The van der Waals surface area contributed by atoms with Crippen LogP contribution in [0, 0.1) is 0 Å². The first-order valence-electron chi connectivity index (χ1n) is 7.85. The number of halogens is 1. The molecule has 2 aliphatic heterocycles. The van der Waals surface area contributed by atoms with Crippen molar-refractivity contribution in [1.29, 1.82) is 0 Å². The Hall–Kier alpha value is -0.840. The van der Waals surface area contributed by atoms with Crippen molar-refractivity contribution in [3.8, 4) is 0 Å². The highest BCUT2D eigenvalue weighted by atomic mass is 79.9. The first-order valence-corrected chi connectivity index (χ1v) is 8.65. The molecule has 2 atom stereocenters. The third-order valence-corrected chi connectivity index (χ3v) is 5.82. The zero-order valence-electron chi connectivity index (χ0n) is 12.7. The van der Waals surface area contributed by atoms with Gasteiger partial charge in [0.15, 0.2) is 0 Å². The second kappa shape index (κ2) is 5.11. The van der Waals surface area contributed by atoms with Crippen LogP contribution in [0.25, 0.3) is 10.9 Å². The fraction of sp³-hybridized carbons (Fsp3) is 0.529. The Labute approximate surface area is 134 Å². The van der Waals surface area contributed by atoms with E-state index in [4.69, 9.17) is 0 Å². The van der Waals surface area contributed by atoms with Crippen molar-refractivity contribution < 1.29 is 0 Å². The Kier molecular flexibility index (Phi) is 3.36. The number of aromatic amines is 1. The number of aromatic nitrogens is 1. The van der Waals surface area contributed by atoms with E-state index in [1.165, 1.54) is 46.0 Å². The summed E-state index contributed by atoms with van der Waals surface area (Å²) in [6.45, 7) is 2.39. The molecule has 1 aromatic carbocycles. The van der Waals surface area contributed by atoms with E-state index in [1.54, 1.807) is 0 Å². The molecule has 4 heteroatoms. The van der Waals surface area contributed by atoms with Crippen LogP contribution in [0.15, 0.2) is 22.7 Å². The normalized spacial score (nSPS) is 27.4. The maximum absolute atomic E-state index is 3.73. The summed E-state index contributed by atoms with van der Waals surface area (Å²) in [5.74, 6) is 0. The van der Waals surface area contributed by atoms with Crippen LogP contribution < -0.4 is 0 Å². The summed E-state index contributed by atoms with van der Waals surface area (Å²) in [6, 6.07) is 7.75. The number of likely N-dealkylation sites (tertiary alicyclic amines) is 1. The van der Waals surface area contributed by atoms with E-state index in [-0.39, 0.29) is 0 Å². The molecule has 112 valence electrons. The fourth-order valence-corrected chi connectivity index (χ4v) is 4.59. The number of nitrogens with one attached hydrogen (secondary N) is 1. The highest BCUT2D eigenvalue weighted by Gasteiger charge is 2.37. The Bertz CT molecular complexity index is 678. The molecule has 1 N–H and O–H groups in total. The van der Waals surface area contributed by atoms with Gasteiger partial charge in [-0.15, -0.1) is 0 Å². The largest absolute Gasteiger partial charge is 0.357 e. The molecule has 1 aromatic heterocycles. The topological polar surface area (TPSA) is 22.3 Å². The van der Waals surface area contributed by atoms with Gasteiger partial charge < -0.3 is 9.88 Å². The Balaban J connectivity index is 1.85. The number of rotatable bonds is 1. The molecule has 0 bridgehead atoms. The molecule has 1 saturated heterocycles. The summed E-state index contributed by atoms with van der Waals surface area (Å²) in [6.07, 6.45) is 3.78. The van der Waals surface area contributed by atoms with Gasteiger partial charge in [-0.1, -0.05) is 15.9 Å². The van der Waals surface area contributed by atoms with Crippen LogP contribution in [0.2, 0.25) is 0 Å².